The van der Waals surface area contributed by atoms with E-state index in [0.717, 1.165) is 4.47 Å². The second kappa shape index (κ2) is 5.65. The zero-order valence-electron chi connectivity index (χ0n) is 9.80. The first-order chi connectivity index (χ1) is 9.27. The van der Waals surface area contributed by atoms with Crippen molar-refractivity contribution in [1.29, 1.82) is 0 Å². The van der Waals surface area contributed by atoms with Crippen molar-refractivity contribution in [3.63, 3.8) is 0 Å². The topological polar surface area (TPSA) is 17.1 Å². The standard InChI is InChI=1S/C13H7BrF4OS/c14-7-3-9(20-6-7)5-12(19)10-4-8(15)1-2-11(10)13(16,17)18/h1-4,6H,5H2. The van der Waals surface area contributed by atoms with Crippen molar-refractivity contribution in [2.45, 2.75) is 12.6 Å². The third kappa shape index (κ3) is 3.46. The summed E-state index contributed by atoms with van der Waals surface area (Å²) in [5, 5.41) is 1.72. The molecule has 0 saturated carbocycles. The van der Waals surface area contributed by atoms with Gasteiger partial charge in [0.15, 0.2) is 5.78 Å². The highest BCUT2D eigenvalue weighted by molar-refractivity contribution is 9.10. The normalized spacial score (nSPS) is 11.7. The summed E-state index contributed by atoms with van der Waals surface area (Å²) in [7, 11) is 0. The van der Waals surface area contributed by atoms with Crippen LogP contribution in [0.4, 0.5) is 17.6 Å². The highest BCUT2D eigenvalue weighted by Crippen LogP contribution is 2.33. The van der Waals surface area contributed by atoms with Crippen LogP contribution < -0.4 is 0 Å². The van der Waals surface area contributed by atoms with E-state index in [0.29, 0.717) is 23.1 Å². The van der Waals surface area contributed by atoms with E-state index in [1.165, 1.54) is 11.3 Å². The highest BCUT2D eigenvalue weighted by Gasteiger charge is 2.35. The van der Waals surface area contributed by atoms with E-state index < -0.39 is 28.9 Å². The van der Waals surface area contributed by atoms with Crippen LogP contribution in [-0.2, 0) is 12.6 Å². The lowest BCUT2D eigenvalue weighted by Gasteiger charge is -2.11. The van der Waals surface area contributed by atoms with Crippen LogP contribution in [0.2, 0.25) is 0 Å². The van der Waals surface area contributed by atoms with Gasteiger partial charge in [-0.15, -0.1) is 11.3 Å². The molecule has 1 nitrogen and oxygen atoms in total. The van der Waals surface area contributed by atoms with Gasteiger partial charge in [0.05, 0.1) is 5.56 Å². The third-order valence-corrected chi connectivity index (χ3v) is 4.24. The SMILES string of the molecule is O=C(Cc1cc(Br)cs1)c1cc(F)ccc1C(F)(F)F. The molecule has 0 aliphatic carbocycles. The molecule has 7 heteroatoms. The van der Waals surface area contributed by atoms with Crippen LogP contribution in [0, 0.1) is 5.82 Å². The van der Waals surface area contributed by atoms with Crippen LogP contribution in [0.3, 0.4) is 0 Å². The number of alkyl halides is 3. The Morgan fingerprint density at radius 3 is 2.50 bits per heavy atom. The molecule has 2 aromatic rings. The zero-order chi connectivity index (χ0) is 14.9. The van der Waals surface area contributed by atoms with Crippen LogP contribution in [-0.4, -0.2) is 5.78 Å². The summed E-state index contributed by atoms with van der Waals surface area (Å²) in [6.45, 7) is 0. The zero-order valence-corrected chi connectivity index (χ0v) is 12.2. The Balaban J connectivity index is 2.36. The van der Waals surface area contributed by atoms with Crippen molar-refractivity contribution in [1.82, 2.24) is 0 Å². The van der Waals surface area contributed by atoms with Crippen LogP contribution >= 0.6 is 27.3 Å². The fourth-order valence-electron chi connectivity index (χ4n) is 1.69. The molecule has 0 N–H and O–H groups in total. The largest absolute Gasteiger partial charge is 0.417 e. The summed E-state index contributed by atoms with van der Waals surface area (Å²) in [6, 6.07) is 3.57. The van der Waals surface area contributed by atoms with Gasteiger partial charge < -0.3 is 0 Å². The summed E-state index contributed by atoms with van der Waals surface area (Å²) in [5.41, 5.74) is -1.75. The van der Waals surface area contributed by atoms with Crippen molar-refractivity contribution in [3.8, 4) is 0 Å². The van der Waals surface area contributed by atoms with Crippen molar-refractivity contribution in [2.75, 3.05) is 0 Å². The first kappa shape index (κ1) is 15.2. The predicted octanol–water partition coefficient (Wildman–Crippen LogP) is 5.09. The van der Waals surface area contributed by atoms with E-state index in [4.69, 9.17) is 0 Å². The van der Waals surface area contributed by atoms with E-state index in [-0.39, 0.29) is 6.42 Å². The number of benzene rings is 1. The van der Waals surface area contributed by atoms with Gasteiger partial charge in [0, 0.05) is 26.7 Å². The quantitative estimate of drug-likeness (QED) is 0.545. The molecule has 1 heterocycles. The van der Waals surface area contributed by atoms with Crippen LogP contribution in [0.15, 0.2) is 34.1 Å². The van der Waals surface area contributed by atoms with Crippen LogP contribution in [0.25, 0.3) is 0 Å². The molecule has 0 aliphatic heterocycles. The molecule has 106 valence electrons. The average molecular weight is 367 g/mol. The lowest BCUT2D eigenvalue weighted by Crippen LogP contribution is -2.14. The molecule has 0 spiro atoms. The Morgan fingerprint density at radius 2 is 1.95 bits per heavy atom. The number of hydrogen-bond acceptors (Lipinski definition) is 2. The number of ketones is 1. The molecule has 0 amide bonds. The molecule has 1 aromatic heterocycles. The number of carbonyl (C=O) groups is 1. The molecule has 1 aromatic carbocycles. The predicted molar refractivity (Wildman–Crippen MR) is 71.5 cm³/mol. The summed E-state index contributed by atoms with van der Waals surface area (Å²) in [5.74, 6) is -1.63. The molecule has 0 saturated heterocycles. The van der Waals surface area contributed by atoms with Gasteiger partial charge in [-0.25, -0.2) is 4.39 Å². The number of halogens is 5. The minimum absolute atomic E-state index is 0.192. The molecule has 2 rings (SSSR count). The molecule has 0 aliphatic rings. The Kier molecular flexibility index (Phi) is 4.29. The van der Waals surface area contributed by atoms with E-state index >= 15 is 0 Å². The van der Waals surface area contributed by atoms with Gasteiger partial charge in [-0.1, -0.05) is 0 Å². The second-order valence-corrected chi connectivity index (χ2v) is 5.93. The molecule has 0 bridgehead atoms. The number of hydrogen-bond donors (Lipinski definition) is 0. The van der Waals surface area contributed by atoms with Crippen LogP contribution in [0.1, 0.15) is 20.8 Å². The van der Waals surface area contributed by atoms with Gasteiger partial charge >= 0.3 is 6.18 Å². The number of carbonyl (C=O) groups excluding carboxylic acids is 1. The molecule has 0 unspecified atom stereocenters. The Morgan fingerprint density at radius 1 is 1.25 bits per heavy atom. The van der Waals surface area contributed by atoms with Crippen molar-refractivity contribution >= 4 is 33.0 Å². The lowest BCUT2D eigenvalue weighted by atomic mass is 10.0. The van der Waals surface area contributed by atoms with E-state index in [1.807, 2.05) is 0 Å². The van der Waals surface area contributed by atoms with Gasteiger partial charge in [0.1, 0.15) is 5.82 Å². The van der Waals surface area contributed by atoms with Gasteiger partial charge in [-0.3, -0.25) is 4.79 Å². The molecule has 20 heavy (non-hydrogen) atoms. The minimum atomic E-state index is -4.69. The van der Waals surface area contributed by atoms with Crippen molar-refractivity contribution < 1.29 is 22.4 Å². The smallest absolute Gasteiger partial charge is 0.294 e. The molecule has 0 atom stereocenters. The maximum Gasteiger partial charge on any atom is 0.417 e. The Hall–Kier alpha value is -1.21. The van der Waals surface area contributed by atoms with Crippen molar-refractivity contribution in [3.05, 3.63) is 55.9 Å². The molecule has 0 fully saturated rings. The van der Waals surface area contributed by atoms with Gasteiger partial charge in [0.2, 0.25) is 0 Å². The number of thiophene rings is 1. The lowest BCUT2D eigenvalue weighted by molar-refractivity contribution is -0.137. The maximum absolute atomic E-state index is 13.1. The average Bonchev–Trinajstić information content (AvgIpc) is 2.73. The fraction of sp³-hybridized carbons (Fsp3) is 0.154. The van der Waals surface area contributed by atoms with Gasteiger partial charge in [-0.05, 0) is 40.2 Å². The Labute approximate surface area is 124 Å². The molecular formula is C13H7BrF4OS. The van der Waals surface area contributed by atoms with E-state index in [2.05, 4.69) is 15.9 Å². The maximum atomic E-state index is 13.1. The summed E-state index contributed by atoms with van der Waals surface area (Å²) in [4.78, 5) is 12.6. The second-order valence-electron chi connectivity index (χ2n) is 4.02. The fourth-order valence-corrected chi connectivity index (χ4v) is 3.14. The van der Waals surface area contributed by atoms with Crippen LogP contribution in [0.5, 0.6) is 0 Å². The van der Waals surface area contributed by atoms with Gasteiger partial charge in [0.25, 0.3) is 0 Å². The first-order valence-corrected chi connectivity index (χ1v) is 7.07. The summed E-state index contributed by atoms with van der Waals surface area (Å²) in [6.07, 6.45) is -4.88. The van der Waals surface area contributed by atoms with Crippen molar-refractivity contribution in [2.24, 2.45) is 0 Å². The number of rotatable bonds is 3. The monoisotopic (exact) mass is 366 g/mol. The first-order valence-electron chi connectivity index (χ1n) is 5.40. The summed E-state index contributed by atoms with van der Waals surface area (Å²) >= 11 is 4.44. The highest BCUT2D eigenvalue weighted by atomic mass is 79.9. The summed E-state index contributed by atoms with van der Waals surface area (Å²) < 4.78 is 52.3. The Bertz CT molecular complexity index is 648. The molecular weight excluding hydrogens is 360 g/mol. The van der Waals surface area contributed by atoms with E-state index in [9.17, 15) is 22.4 Å². The van der Waals surface area contributed by atoms with E-state index in [1.54, 1.807) is 11.4 Å². The molecule has 0 radical (unpaired) electrons. The number of Topliss-reactive ketones (excluding diaryl/α,β-unsaturated/α-hetero) is 1. The third-order valence-electron chi connectivity index (χ3n) is 2.54. The van der Waals surface area contributed by atoms with Gasteiger partial charge in [-0.2, -0.15) is 13.2 Å². The minimum Gasteiger partial charge on any atom is -0.294 e.